The summed E-state index contributed by atoms with van der Waals surface area (Å²) in [4.78, 5) is 15.4. The molecule has 7 nitrogen and oxygen atoms in total. The van der Waals surface area contributed by atoms with Gasteiger partial charge in [0.25, 0.3) is 0 Å². The molecule has 4 rings (SSSR count). The van der Waals surface area contributed by atoms with Crippen LogP contribution in [-0.4, -0.2) is 56.5 Å². The van der Waals surface area contributed by atoms with E-state index in [4.69, 9.17) is 18.9 Å². The first-order valence-electron chi connectivity index (χ1n) is 12.1. The molecule has 1 amide bonds. The number of piperidine rings is 1. The Morgan fingerprint density at radius 3 is 2.26 bits per heavy atom. The van der Waals surface area contributed by atoms with Gasteiger partial charge in [0.05, 0.1) is 40.1 Å². The minimum Gasteiger partial charge on any atom is -0.497 e. The van der Waals surface area contributed by atoms with E-state index in [1.807, 2.05) is 41.3 Å². The summed E-state index contributed by atoms with van der Waals surface area (Å²) in [7, 11) is 6.32. The molecule has 1 saturated heterocycles. The van der Waals surface area contributed by atoms with E-state index in [2.05, 4.69) is 0 Å². The Balaban J connectivity index is 1.65. The van der Waals surface area contributed by atoms with Crippen molar-refractivity contribution < 1.29 is 28.8 Å². The molecule has 2 fully saturated rings. The molecule has 1 aliphatic heterocycles. The maximum absolute atomic E-state index is 13.5. The van der Waals surface area contributed by atoms with Crippen LogP contribution in [0.15, 0.2) is 42.5 Å². The molecule has 2 aromatic rings. The minimum absolute atomic E-state index is 0.00285. The number of methoxy groups -OCH3 is 4. The molecule has 1 aliphatic carbocycles. The molecule has 188 valence electrons. The Bertz CT molecular complexity index is 1040. The van der Waals surface area contributed by atoms with Crippen LogP contribution in [0.25, 0.3) is 6.08 Å². The lowest BCUT2D eigenvalue weighted by Crippen LogP contribution is -2.56. The van der Waals surface area contributed by atoms with Gasteiger partial charge in [0, 0.05) is 18.5 Å². The first kappa shape index (κ1) is 24.9. The molecule has 1 N–H and O–H groups in total. The Morgan fingerprint density at radius 1 is 0.971 bits per heavy atom. The molecule has 7 heteroatoms. The fraction of sp³-hybridized carbons (Fsp3) is 0.464. The normalized spacial score (nSPS) is 24.1. The number of likely N-dealkylation sites (tertiary alicyclic amines) is 1. The molecule has 2 aliphatic rings. The fourth-order valence-electron chi connectivity index (χ4n) is 5.60. The van der Waals surface area contributed by atoms with E-state index in [-0.39, 0.29) is 17.9 Å². The van der Waals surface area contributed by atoms with Crippen molar-refractivity contribution in [3.63, 3.8) is 0 Å². The smallest absolute Gasteiger partial charge is 0.247 e. The number of ether oxygens (including phenoxy) is 4. The zero-order valence-electron chi connectivity index (χ0n) is 21.0. The number of fused-ring (bicyclic) bond motifs is 1. The maximum atomic E-state index is 13.5. The maximum Gasteiger partial charge on any atom is 0.247 e. The number of carbonyl (C=O) groups is 1. The third-order valence-electron chi connectivity index (χ3n) is 7.41. The van der Waals surface area contributed by atoms with Crippen molar-refractivity contribution in [2.24, 2.45) is 5.92 Å². The number of hydrogen-bond acceptors (Lipinski definition) is 6. The Hall–Kier alpha value is -3.19. The van der Waals surface area contributed by atoms with Gasteiger partial charge >= 0.3 is 0 Å². The van der Waals surface area contributed by atoms with Gasteiger partial charge in [-0.25, -0.2) is 0 Å². The number of benzene rings is 2. The summed E-state index contributed by atoms with van der Waals surface area (Å²) in [5.41, 5.74) is 1.05. The average molecular weight is 482 g/mol. The number of rotatable bonds is 7. The van der Waals surface area contributed by atoms with Gasteiger partial charge in [-0.3, -0.25) is 4.79 Å². The van der Waals surface area contributed by atoms with E-state index < -0.39 is 5.60 Å². The van der Waals surface area contributed by atoms with E-state index in [0.717, 1.165) is 42.6 Å². The number of amides is 1. The Kier molecular flexibility index (Phi) is 7.55. The van der Waals surface area contributed by atoms with Crippen molar-refractivity contribution in [2.75, 3.05) is 35.0 Å². The van der Waals surface area contributed by atoms with Crippen molar-refractivity contribution in [2.45, 2.75) is 43.7 Å². The Labute approximate surface area is 207 Å². The van der Waals surface area contributed by atoms with E-state index in [9.17, 15) is 9.90 Å². The standard InChI is InChI=1S/C28H35NO6/c1-32-21-11-9-20(10-12-21)26-22-7-5-6-14-28(22,31)15-16-29(26)25(30)13-8-19-17-23(33-2)27(35-4)24(18-19)34-3/h8-13,17-18,22,26,31H,5-7,14-16H2,1-4H3/b13-8+/t22-,26+,28+/m1/s1. The molecule has 0 aromatic heterocycles. The molecule has 0 unspecified atom stereocenters. The third-order valence-corrected chi connectivity index (χ3v) is 7.41. The van der Waals surface area contributed by atoms with Crippen LogP contribution in [-0.2, 0) is 4.79 Å². The van der Waals surface area contributed by atoms with Crippen molar-refractivity contribution in [1.82, 2.24) is 4.90 Å². The minimum atomic E-state index is -0.736. The summed E-state index contributed by atoms with van der Waals surface area (Å²) in [6, 6.07) is 11.3. The highest BCUT2D eigenvalue weighted by molar-refractivity contribution is 5.92. The van der Waals surface area contributed by atoms with Crippen molar-refractivity contribution in [3.8, 4) is 23.0 Å². The predicted octanol–water partition coefficient (Wildman–Crippen LogP) is 4.63. The quantitative estimate of drug-likeness (QED) is 0.581. The summed E-state index contributed by atoms with van der Waals surface area (Å²) in [6.45, 7) is 0.502. The summed E-state index contributed by atoms with van der Waals surface area (Å²) < 4.78 is 21.6. The van der Waals surface area contributed by atoms with Gasteiger partial charge < -0.3 is 29.0 Å². The van der Waals surface area contributed by atoms with Crippen LogP contribution >= 0.6 is 0 Å². The summed E-state index contributed by atoms with van der Waals surface area (Å²) in [5, 5.41) is 11.5. The lowest BCUT2D eigenvalue weighted by Gasteiger charge is -2.52. The van der Waals surface area contributed by atoms with Crippen LogP contribution < -0.4 is 18.9 Å². The number of carbonyl (C=O) groups excluding carboxylic acids is 1. The monoisotopic (exact) mass is 481 g/mol. The molecule has 1 heterocycles. The highest BCUT2D eigenvalue weighted by Gasteiger charge is 2.49. The van der Waals surface area contributed by atoms with Crippen LogP contribution in [0.1, 0.15) is 49.3 Å². The third kappa shape index (κ3) is 4.96. The summed E-state index contributed by atoms with van der Waals surface area (Å²) >= 11 is 0. The second-order valence-electron chi connectivity index (χ2n) is 9.25. The van der Waals surface area contributed by atoms with Crippen molar-refractivity contribution in [1.29, 1.82) is 0 Å². The van der Waals surface area contributed by atoms with Gasteiger partial charge in [0.15, 0.2) is 11.5 Å². The number of hydrogen-bond donors (Lipinski definition) is 1. The first-order valence-corrected chi connectivity index (χ1v) is 12.1. The van der Waals surface area contributed by atoms with Gasteiger partial charge in [0.2, 0.25) is 11.7 Å². The second-order valence-corrected chi connectivity index (χ2v) is 9.25. The van der Waals surface area contributed by atoms with E-state index in [1.165, 1.54) is 0 Å². The predicted molar refractivity (Wildman–Crippen MR) is 134 cm³/mol. The lowest BCUT2D eigenvalue weighted by molar-refractivity contribution is -0.150. The fourth-order valence-corrected chi connectivity index (χ4v) is 5.60. The first-order chi connectivity index (χ1) is 16.9. The van der Waals surface area contributed by atoms with Gasteiger partial charge in [0.1, 0.15) is 5.75 Å². The molecular weight excluding hydrogens is 446 g/mol. The van der Waals surface area contributed by atoms with Crippen LogP contribution in [0.5, 0.6) is 23.0 Å². The molecule has 1 saturated carbocycles. The highest BCUT2D eigenvalue weighted by atomic mass is 16.5. The molecular formula is C28H35NO6. The number of nitrogens with zero attached hydrogens (tertiary/aromatic N) is 1. The molecule has 0 bridgehead atoms. The van der Waals surface area contributed by atoms with Crippen LogP contribution in [0.2, 0.25) is 0 Å². The van der Waals surface area contributed by atoms with E-state index in [0.29, 0.717) is 30.2 Å². The highest BCUT2D eigenvalue weighted by Crippen LogP contribution is 2.49. The molecule has 0 spiro atoms. The van der Waals surface area contributed by atoms with E-state index in [1.54, 1.807) is 40.6 Å². The topological polar surface area (TPSA) is 77.5 Å². The largest absolute Gasteiger partial charge is 0.497 e. The van der Waals surface area contributed by atoms with Gasteiger partial charge in [-0.2, -0.15) is 0 Å². The van der Waals surface area contributed by atoms with Gasteiger partial charge in [-0.15, -0.1) is 0 Å². The summed E-state index contributed by atoms with van der Waals surface area (Å²) in [5.74, 6) is 2.24. The van der Waals surface area contributed by atoms with Crippen LogP contribution in [0, 0.1) is 5.92 Å². The Morgan fingerprint density at radius 2 is 1.66 bits per heavy atom. The van der Waals surface area contributed by atoms with Gasteiger partial charge in [-0.05, 0) is 60.7 Å². The second kappa shape index (κ2) is 10.6. The SMILES string of the molecule is COc1ccc([C@H]2[C@H]3CCCC[C@]3(O)CCN2C(=O)/C=C/c2cc(OC)c(OC)c(OC)c2)cc1. The van der Waals surface area contributed by atoms with Crippen LogP contribution in [0.3, 0.4) is 0 Å². The summed E-state index contributed by atoms with van der Waals surface area (Å²) in [6.07, 6.45) is 7.71. The average Bonchev–Trinajstić information content (AvgIpc) is 2.90. The zero-order valence-corrected chi connectivity index (χ0v) is 21.0. The van der Waals surface area contributed by atoms with Crippen molar-refractivity contribution in [3.05, 3.63) is 53.6 Å². The van der Waals surface area contributed by atoms with E-state index >= 15 is 0 Å². The molecule has 3 atom stereocenters. The van der Waals surface area contributed by atoms with Crippen LogP contribution in [0.4, 0.5) is 0 Å². The van der Waals surface area contributed by atoms with Gasteiger partial charge in [-0.1, -0.05) is 25.0 Å². The zero-order chi connectivity index (χ0) is 25.0. The van der Waals surface area contributed by atoms with Crippen molar-refractivity contribution >= 4 is 12.0 Å². The number of aliphatic hydroxyl groups is 1. The lowest BCUT2D eigenvalue weighted by atomic mass is 9.66. The molecule has 0 radical (unpaired) electrons. The molecule has 2 aromatic carbocycles. The molecule has 35 heavy (non-hydrogen) atoms.